The van der Waals surface area contributed by atoms with E-state index >= 15 is 0 Å². The van der Waals surface area contributed by atoms with Crippen LogP contribution in [-0.4, -0.2) is 6.04 Å². The Morgan fingerprint density at radius 1 is 1.18 bits per heavy atom. The highest BCUT2D eigenvalue weighted by molar-refractivity contribution is 5.28. The molecular weight excluding hydrogens is 206 g/mol. The monoisotopic (exact) mass is 231 g/mol. The van der Waals surface area contributed by atoms with Gasteiger partial charge in [-0.2, -0.15) is 0 Å². The molecule has 0 bridgehead atoms. The molecule has 1 nitrogen and oxygen atoms in total. The average Bonchev–Trinajstić information content (AvgIpc) is 2.32. The zero-order valence-corrected chi connectivity index (χ0v) is 11.4. The predicted octanol–water partition coefficient (Wildman–Crippen LogP) is 4.22. The smallest absolute Gasteiger partial charge is 0.0297 e. The van der Waals surface area contributed by atoms with Gasteiger partial charge in [-0.05, 0) is 43.7 Å². The van der Waals surface area contributed by atoms with Gasteiger partial charge in [0.15, 0.2) is 0 Å². The first-order valence-electron chi connectivity index (χ1n) is 7.00. The fraction of sp³-hybridized carbons (Fsp3) is 0.625. The van der Waals surface area contributed by atoms with Crippen molar-refractivity contribution in [2.45, 2.75) is 58.5 Å². The molecule has 94 valence electrons. The molecule has 1 fully saturated rings. The highest BCUT2D eigenvalue weighted by Crippen LogP contribution is 2.26. The van der Waals surface area contributed by atoms with Gasteiger partial charge in [-0.25, -0.2) is 0 Å². The molecule has 1 aliphatic carbocycles. The van der Waals surface area contributed by atoms with E-state index in [1.165, 1.54) is 36.8 Å². The van der Waals surface area contributed by atoms with Crippen LogP contribution in [0.25, 0.3) is 0 Å². The topological polar surface area (TPSA) is 12.0 Å². The second kappa shape index (κ2) is 5.68. The minimum absolute atomic E-state index is 0.474. The molecule has 3 unspecified atom stereocenters. The fourth-order valence-corrected chi connectivity index (χ4v) is 3.05. The maximum atomic E-state index is 3.83. The lowest BCUT2D eigenvalue weighted by Crippen LogP contribution is -2.38. The van der Waals surface area contributed by atoms with Gasteiger partial charge in [-0.1, -0.05) is 44.0 Å². The summed E-state index contributed by atoms with van der Waals surface area (Å²) in [5, 5.41) is 3.83. The van der Waals surface area contributed by atoms with E-state index in [2.05, 4.69) is 50.4 Å². The molecule has 0 saturated heterocycles. The Morgan fingerprint density at radius 3 is 2.59 bits per heavy atom. The summed E-state index contributed by atoms with van der Waals surface area (Å²) in [7, 11) is 0. The van der Waals surface area contributed by atoms with Crippen molar-refractivity contribution in [3.8, 4) is 0 Å². The lowest BCUT2D eigenvalue weighted by molar-refractivity contribution is 0.263. The standard InChI is InChI=1S/C16H25N/c1-12-8-4-6-10-15(12)14(3)17-16-11-7-5-9-13(16)2/h4,6,8,10,13-14,16-17H,5,7,9,11H2,1-3H3. The summed E-state index contributed by atoms with van der Waals surface area (Å²) in [5.74, 6) is 0.829. The fourth-order valence-electron chi connectivity index (χ4n) is 3.05. The lowest BCUT2D eigenvalue weighted by atomic mass is 9.85. The summed E-state index contributed by atoms with van der Waals surface area (Å²) in [6.45, 7) is 6.89. The molecule has 1 heteroatoms. The van der Waals surface area contributed by atoms with Crippen LogP contribution in [0.4, 0.5) is 0 Å². The largest absolute Gasteiger partial charge is 0.307 e. The molecule has 1 aliphatic rings. The van der Waals surface area contributed by atoms with Gasteiger partial charge in [-0.3, -0.25) is 0 Å². The third-order valence-electron chi connectivity index (χ3n) is 4.23. The number of rotatable bonds is 3. The third kappa shape index (κ3) is 3.10. The van der Waals surface area contributed by atoms with Gasteiger partial charge in [0.2, 0.25) is 0 Å². The Balaban J connectivity index is 2.01. The number of hydrogen-bond donors (Lipinski definition) is 1. The van der Waals surface area contributed by atoms with Gasteiger partial charge in [-0.15, -0.1) is 0 Å². The molecule has 3 atom stereocenters. The first-order chi connectivity index (χ1) is 8.18. The van der Waals surface area contributed by atoms with Crippen molar-refractivity contribution in [1.29, 1.82) is 0 Å². The zero-order valence-electron chi connectivity index (χ0n) is 11.4. The number of benzene rings is 1. The molecule has 0 radical (unpaired) electrons. The minimum Gasteiger partial charge on any atom is -0.307 e. The highest BCUT2D eigenvalue weighted by Gasteiger charge is 2.23. The molecule has 0 aliphatic heterocycles. The molecule has 17 heavy (non-hydrogen) atoms. The number of hydrogen-bond acceptors (Lipinski definition) is 1. The average molecular weight is 231 g/mol. The second-order valence-corrected chi connectivity index (χ2v) is 5.61. The molecule has 0 spiro atoms. The van der Waals surface area contributed by atoms with Crippen molar-refractivity contribution in [2.75, 3.05) is 0 Å². The first kappa shape index (κ1) is 12.6. The van der Waals surface area contributed by atoms with Crippen LogP contribution in [0, 0.1) is 12.8 Å². The molecule has 1 aromatic carbocycles. The predicted molar refractivity (Wildman–Crippen MR) is 74.1 cm³/mol. The maximum absolute atomic E-state index is 3.83. The maximum Gasteiger partial charge on any atom is 0.0297 e. The van der Waals surface area contributed by atoms with Crippen molar-refractivity contribution in [1.82, 2.24) is 5.32 Å². The zero-order chi connectivity index (χ0) is 12.3. The lowest BCUT2D eigenvalue weighted by Gasteiger charge is -2.32. The van der Waals surface area contributed by atoms with Gasteiger partial charge in [0, 0.05) is 12.1 Å². The summed E-state index contributed by atoms with van der Waals surface area (Å²) < 4.78 is 0. The van der Waals surface area contributed by atoms with Crippen LogP contribution in [-0.2, 0) is 0 Å². The Bertz CT molecular complexity index is 358. The van der Waals surface area contributed by atoms with E-state index < -0.39 is 0 Å². The molecule has 0 heterocycles. The van der Waals surface area contributed by atoms with E-state index in [1.807, 2.05) is 0 Å². The number of nitrogens with one attached hydrogen (secondary N) is 1. The van der Waals surface area contributed by atoms with E-state index in [1.54, 1.807) is 0 Å². The summed E-state index contributed by atoms with van der Waals surface area (Å²) in [6, 6.07) is 9.90. The van der Waals surface area contributed by atoms with Crippen LogP contribution in [0.1, 0.15) is 56.7 Å². The van der Waals surface area contributed by atoms with Crippen LogP contribution < -0.4 is 5.32 Å². The van der Waals surface area contributed by atoms with Crippen molar-refractivity contribution in [2.24, 2.45) is 5.92 Å². The molecule has 1 aromatic rings. The number of aryl methyl sites for hydroxylation is 1. The van der Waals surface area contributed by atoms with Crippen LogP contribution >= 0.6 is 0 Å². The third-order valence-corrected chi connectivity index (χ3v) is 4.23. The summed E-state index contributed by atoms with van der Waals surface area (Å²) in [6.07, 6.45) is 5.54. The second-order valence-electron chi connectivity index (χ2n) is 5.61. The van der Waals surface area contributed by atoms with Crippen LogP contribution in [0.15, 0.2) is 24.3 Å². The molecule has 0 aromatic heterocycles. The van der Waals surface area contributed by atoms with Crippen molar-refractivity contribution < 1.29 is 0 Å². The van der Waals surface area contributed by atoms with E-state index in [-0.39, 0.29) is 0 Å². The molecule has 1 N–H and O–H groups in total. The van der Waals surface area contributed by atoms with Crippen LogP contribution in [0.5, 0.6) is 0 Å². The molecular formula is C16H25N. The summed E-state index contributed by atoms with van der Waals surface area (Å²) >= 11 is 0. The van der Waals surface area contributed by atoms with Crippen molar-refractivity contribution in [3.63, 3.8) is 0 Å². The minimum atomic E-state index is 0.474. The van der Waals surface area contributed by atoms with Crippen molar-refractivity contribution >= 4 is 0 Å². The Morgan fingerprint density at radius 2 is 1.88 bits per heavy atom. The van der Waals surface area contributed by atoms with Gasteiger partial charge in [0.1, 0.15) is 0 Å². The van der Waals surface area contributed by atoms with Gasteiger partial charge < -0.3 is 5.32 Å². The Labute approximate surface area is 106 Å². The molecule has 2 rings (SSSR count). The van der Waals surface area contributed by atoms with Crippen LogP contribution in [0.3, 0.4) is 0 Å². The van der Waals surface area contributed by atoms with Crippen molar-refractivity contribution in [3.05, 3.63) is 35.4 Å². The van der Waals surface area contributed by atoms with E-state index in [0.29, 0.717) is 12.1 Å². The quantitative estimate of drug-likeness (QED) is 0.821. The van der Waals surface area contributed by atoms with Gasteiger partial charge in [0.25, 0.3) is 0 Å². The molecule has 1 saturated carbocycles. The summed E-state index contributed by atoms with van der Waals surface area (Å²) in [4.78, 5) is 0. The van der Waals surface area contributed by atoms with E-state index in [0.717, 1.165) is 5.92 Å². The van der Waals surface area contributed by atoms with E-state index in [4.69, 9.17) is 0 Å². The highest BCUT2D eigenvalue weighted by atomic mass is 15.0. The van der Waals surface area contributed by atoms with E-state index in [9.17, 15) is 0 Å². The SMILES string of the molecule is Cc1ccccc1C(C)NC1CCCCC1C. The first-order valence-corrected chi connectivity index (χ1v) is 7.00. The van der Waals surface area contributed by atoms with Gasteiger partial charge in [0.05, 0.1) is 0 Å². The van der Waals surface area contributed by atoms with Crippen LogP contribution in [0.2, 0.25) is 0 Å². The normalized spacial score (nSPS) is 26.8. The molecule has 0 amide bonds. The Hall–Kier alpha value is -0.820. The Kier molecular flexibility index (Phi) is 4.22. The van der Waals surface area contributed by atoms with Gasteiger partial charge >= 0.3 is 0 Å². The summed E-state index contributed by atoms with van der Waals surface area (Å²) in [5.41, 5.74) is 2.85.